The number of benzene rings is 2. The number of hydrogen-bond donors (Lipinski definition) is 1. The van der Waals surface area contributed by atoms with Gasteiger partial charge in [0.2, 0.25) is 5.91 Å². The average Bonchev–Trinajstić information content (AvgIpc) is 3.22. The fraction of sp³-hybridized carbons (Fsp3) is 0.519. The van der Waals surface area contributed by atoms with Gasteiger partial charge in [-0.15, -0.1) is 11.8 Å². The summed E-state index contributed by atoms with van der Waals surface area (Å²) in [4.78, 5) is 16.9. The molecule has 2 aromatic rings. The molecule has 7 heteroatoms. The second-order valence-electron chi connectivity index (χ2n) is 9.60. The van der Waals surface area contributed by atoms with E-state index in [-0.39, 0.29) is 10.7 Å². The highest BCUT2D eigenvalue weighted by atomic mass is 35.5. The van der Waals surface area contributed by atoms with Crippen LogP contribution in [0, 0.1) is 0 Å². The van der Waals surface area contributed by atoms with Crippen LogP contribution in [0.1, 0.15) is 49.3 Å². The number of likely N-dealkylation sites (tertiary alicyclic amines) is 1. The highest BCUT2D eigenvalue weighted by molar-refractivity contribution is 7.99. The van der Waals surface area contributed by atoms with E-state index in [0.29, 0.717) is 23.0 Å². The van der Waals surface area contributed by atoms with Crippen molar-refractivity contribution in [2.45, 2.75) is 48.6 Å². The van der Waals surface area contributed by atoms with Gasteiger partial charge in [-0.05, 0) is 68.2 Å². The van der Waals surface area contributed by atoms with Gasteiger partial charge in [0.25, 0.3) is 0 Å². The topological polar surface area (TPSA) is 35.6 Å². The smallest absolute Gasteiger partial charge is 0.222 e. The molecule has 1 amide bonds. The van der Waals surface area contributed by atoms with Gasteiger partial charge in [0.15, 0.2) is 0 Å². The largest absolute Gasteiger partial charge is 0.344 e. The molecule has 0 aromatic heterocycles. The number of thioether (sulfide) groups is 1. The van der Waals surface area contributed by atoms with Crippen molar-refractivity contribution in [2.24, 2.45) is 0 Å². The van der Waals surface area contributed by atoms with Crippen molar-refractivity contribution in [1.29, 1.82) is 0 Å². The number of hydrogen-bond acceptors (Lipinski definition) is 4. The van der Waals surface area contributed by atoms with Crippen molar-refractivity contribution >= 4 is 40.9 Å². The molecule has 1 fully saturated rings. The summed E-state index contributed by atoms with van der Waals surface area (Å²) >= 11 is 14.8. The van der Waals surface area contributed by atoms with Crippen LogP contribution in [0.15, 0.2) is 42.5 Å². The Balaban J connectivity index is 1.49. The predicted octanol–water partition coefficient (Wildman–Crippen LogP) is 5.90. The van der Waals surface area contributed by atoms with E-state index in [4.69, 9.17) is 23.2 Å². The summed E-state index contributed by atoms with van der Waals surface area (Å²) < 4.78 is 0.282. The molecule has 0 radical (unpaired) electrons. The van der Waals surface area contributed by atoms with Crippen LogP contribution in [0.4, 0.5) is 0 Å². The third-order valence-electron chi connectivity index (χ3n) is 7.72. The van der Waals surface area contributed by atoms with Crippen molar-refractivity contribution in [2.75, 3.05) is 40.3 Å². The van der Waals surface area contributed by atoms with Crippen LogP contribution in [0.5, 0.6) is 0 Å². The fourth-order valence-electron chi connectivity index (χ4n) is 5.50. The molecule has 0 bridgehead atoms. The first-order valence-corrected chi connectivity index (χ1v) is 13.9. The minimum absolute atomic E-state index is 0.136. The first-order chi connectivity index (χ1) is 16.3. The van der Waals surface area contributed by atoms with Gasteiger partial charge in [0, 0.05) is 37.1 Å². The lowest BCUT2D eigenvalue weighted by Gasteiger charge is -2.42. The Morgan fingerprint density at radius 2 is 1.91 bits per heavy atom. The molecule has 2 aliphatic rings. The summed E-state index contributed by atoms with van der Waals surface area (Å²) in [7, 11) is 3.86. The van der Waals surface area contributed by atoms with Crippen LogP contribution in [0.3, 0.4) is 0 Å². The Bertz CT molecular complexity index is 1020. The number of nitrogens with zero attached hydrogens (tertiary/aromatic N) is 2. The summed E-state index contributed by atoms with van der Waals surface area (Å²) in [6, 6.07) is 14.8. The molecule has 2 aromatic carbocycles. The third kappa shape index (κ3) is 5.15. The molecule has 1 spiro atoms. The molecule has 1 unspecified atom stereocenters. The van der Waals surface area contributed by atoms with Crippen LogP contribution in [0.2, 0.25) is 10.0 Å². The molecular formula is C27H35Cl2N3OS. The van der Waals surface area contributed by atoms with Crippen LogP contribution >= 0.6 is 35.0 Å². The molecule has 0 aliphatic carbocycles. The van der Waals surface area contributed by atoms with Gasteiger partial charge in [-0.2, -0.15) is 0 Å². The van der Waals surface area contributed by atoms with E-state index in [2.05, 4.69) is 46.2 Å². The number of nitrogens with one attached hydrogen (secondary N) is 1. The molecule has 1 N–H and O–H groups in total. The van der Waals surface area contributed by atoms with Crippen molar-refractivity contribution in [3.63, 3.8) is 0 Å². The number of amides is 1. The van der Waals surface area contributed by atoms with Crippen molar-refractivity contribution in [3.8, 4) is 0 Å². The lowest BCUT2D eigenvalue weighted by atomic mass is 9.84. The van der Waals surface area contributed by atoms with E-state index < -0.39 is 5.54 Å². The van der Waals surface area contributed by atoms with Crippen LogP contribution in [0.25, 0.3) is 0 Å². The predicted molar refractivity (Wildman–Crippen MR) is 145 cm³/mol. The second kappa shape index (κ2) is 10.8. The van der Waals surface area contributed by atoms with E-state index in [1.807, 2.05) is 44.1 Å². The molecule has 0 saturated carbocycles. The van der Waals surface area contributed by atoms with Crippen molar-refractivity contribution in [3.05, 3.63) is 69.2 Å². The Labute approximate surface area is 218 Å². The Morgan fingerprint density at radius 3 is 2.59 bits per heavy atom. The number of carbonyl (C=O) groups is 1. The maximum atomic E-state index is 12.4. The quantitative estimate of drug-likeness (QED) is 0.470. The summed E-state index contributed by atoms with van der Waals surface area (Å²) in [5, 5.41) is 4.65. The maximum Gasteiger partial charge on any atom is 0.222 e. The zero-order valence-electron chi connectivity index (χ0n) is 20.4. The van der Waals surface area contributed by atoms with E-state index in [1.54, 1.807) is 5.56 Å². The molecule has 1 atom stereocenters. The Morgan fingerprint density at radius 1 is 1.18 bits per heavy atom. The molecule has 34 heavy (non-hydrogen) atoms. The summed E-state index contributed by atoms with van der Waals surface area (Å²) in [6.07, 6.45) is 3.73. The normalized spacial score (nSPS) is 19.1. The van der Waals surface area contributed by atoms with Gasteiger partial charge in [-0.3, -0.25) is 4.79 Å². The number of halogens is 2. The van der Waals surface area contributed by atoms with Gasteiger partial charge in [0.05, 0.1) is 15.6 Å². The van der Waals surface area contributed by atoms with Gasteiger partial charge in [-0.25, -0.2) is 0 Å². The molecule has 2 aliphatic heterocycles. The van der Waals surface area contributed by atoms with Gasteiger partial charge in [0.1, 0.15) is 0 Å². The van der Waals surface area contributed by atoms with E-state index in [9.17, 15) is 4.79 Å². The van der Waals surface area contributed by atoms with E-state index >= 15 is 0 Å². The first-order valence-electron chi connectivity index (χ1n) is 12.2. The first kappa shape index (κ1) is 25.8. The number of carbonyl (C=O) groups excluding carboxylic acids is 1. The van der Waals surface area contributed by atoms with Crippen molar-refractivity contribution < 1.29 is 4.79 Å². The van der Waals surface area contributed by atoms with Crippen LogP contribution in [-0.2, 0) is 20.8 Å². The minimum atomic E-state index is -0.405. The minimum Gasteiger partial charge on any atom is -0.344 e. The highest BCUT2D eigenvalue weighted by Gasteiger charge is 2.42. The van der Waals surface area contributed by atoms with Crippen LogP contribution < -0.4 is 5.32 Å². The summed E-state index contributed by atoms with van der Waals surface area (Å²) in [5.74, 6) is 1.27. The number of fused-ring (bicyclic) bond motifs is 2. The molecule has 1 saturated heterocycles. The van der Waals surface area contributed by atoms with Crippen LogP contribution in [-0.4, -0.2) is 56.0 Å². The fourth-order valence-corrected chi connectivity index (χ4v) is 7.31. The molecule has 2 heterocycles. The summed E-state index contributed by atoms with van der Waals surface area (Å²) in [6.45, 7) is 5.62. The summed E-state index contributed by atoms with van der Waals surface area (Å²) in [5.41, 5.74) is 3.73. The Kier molecular flexibility index (Phi) is 8.20. The Hall–Kier alpha value is -1.24. The van der Waals surface area contributed by atoms with E-state index in [0.717, 1.165) is 37.4 Å². The molecular weight excluding hydrogens is 485 g/mol. The third-order valence-corrected chi connectivity index (χ3v) is 10.1. The van der Waals surface area contributed by atoms with Gasteiger partial charge >= 0.3 is 0 Å². The van der Waals surface area contributed by atoms with Crippen molar-refractivity contribution in [1.82, 2.24) is 15.1 Å². The van der Waals surface area contributed by atoms with Gasteiger partial charge in [-0.1, -0.05) is 60.5 Å². The standard InChI is InChI=1S/C27H35Cl2N3OS/c1-4-25(33)31(3)19-26(30-2,21-9-10-23(28)24(29)17-21)11-14-32-15-12-27(13-16-32)22-8-6-5-7-20(22)18-34-27/h5-10,17,30H,4,11-16,18-19H2,1-3H3. The SMILES string of the molecule is CCC(=O)N(C)CC(CCN1CCC2(CC1)SCc1ccccc12)(NC)c1ccc(Cl)c(Cl)c1. The number of rotatable bonds is 8. The second-order valence-corrected chi connectivity index (χ2v) is 11.8. The monoisotopic (exact) mass is 519 g/mol. The molecule has 184 valence electrons. The highest BCUT2D eigenvalue weighted by Crippen LogP contribution is 2.53. The zero-order valence-corrected chi connectivity index (χ0v) is 22.7. The van der Waals surface area contributed by atoms with E-state index in [1.165, 1.54) is 18.4 Å². The lowest BCUT2D eigenvalue weighted by molar-refractivity contribution is -0.130. The number of likely N-dealkylation sites (N-methyl/N-ethyl adjacent to an activating group) is 2. The van der Waals surface area contributed by atoms with Gasteiger partial charge < -0.3 is 15.1 Å². The maximum absolute atomic E-state index is 12.4. The molecule has 4 rings (SSSR count). The zero-order chi connectivity index (χ0) is 24.3. The lowest BCUT2D eigenvalue weighted by Crippen LogP contribution is -2.52. The average molecular weight is 521 g/mol. The number of piperidine rings is 1. The molecule has 4 nitrogen and oxygen atoms in total.